The van der Waals surface area contributed by atoms with Crippen LogP contribution in [0.3, 0.4) is 0 Å². The summed E-state index contributed by atoms with van der Waals surface area (Å²) >= 11 is 0. The Morgan fingerprint density at radius 1 is 0.327 bits per heavy atom. The SMILES string of the molecule is CCCCCCCCCCN(CCCCCCCCCC)C(CC)C(=O)[O-].CCCCCCCCCCN(CCCCCCCCCC)C(CC)C(=O)[O-].[Ca+2]. The normalized spacial score (nSPS) is 12.4. The molecule has 324 valence electrons. The van der Waals surface area contributed by atoms with Crippen LogP contribution in [0.1, 0.15) is 260 Å². The van der Waals surface area contributed by atoms with Gasteiger partial charge in [-0.1, -0.05) is 221 Å². The number of hydrogen-bond donors (Lipinski definition) is 0. The van der Waals surface area contributed by atoms with Gasteiger partial charge in [0.2, 0.25) is 0 Å². The second-order valence-corrected chi connectivity index (χ2v) is 16.5. The number of aliphatic carboxylic acids is 2. The zero-order valence-corrected chi connectivity index (χ0v) is 40.5. The number of carbonyl (C=O) groups excluding carboxylic acids is 2. The van der Waals surface area contributed by atoms with Crippen molar-refractivity contribution in [2.45, 2.75) is 272 Å². The summed E-state index contributed by atoms with van der Waals surface area (Å²) in [6, 6.07) is -0.807. The predicted molar refractivity (Wildman–Crippen MR) is 238 cm³/mol. The number of unbranched alkanes of at least 4 members (excludes halogenated alkanes) is 28. The van der Waals surface area contributed by atoms with Crippen LogP contribution in [0.25, 0.3) is 0 Å². The van der Waals surface area contributed by atoms with Gasteiger partial charge in [0, 0.05) is 12.1 Å². The van der Waals surface area contributed by atoms with Crippen LogP contribution in [0.15, 0.2) is 0 Å². The summed E-state index contributed by atoms with van der Waals surface area (Å²) in [6.07, 6.45) is 42.7. The summed E-state index contributed by atoms with van der Waals surface area (Å²) in [4.78, 5) is 27.3. The molecule has 0 rings (SSSR count). The van der Waals surface area contributed by atoms with Gasteiger partial charge in [-0.05, 0) is 64.7 Å². The number of carbonyl (C=O) groups is 2. The molecule has 0 aromatic heterocycles. The number of nitrogens with zero attached hydrogens (tertiary/aromatic N) is 2. The van der Waals surface area contributed by atoms with Crippen LogP contribution in [0.2, 0.25) is 0 Å². The number of carboxylic acid groups (broad SMARTS) is 2. The Morgan fingerprint density at radius 3 is 0.636 bits per heavy atom. The number of carboxylic acids is 2. The first-order valence-electron chi connectivity index (χ1n) is 24.2. The summed E-state index contributed by atoms with van der Waals surface area (Å²) in [7, 11) is 0. The van der Waals surface area contributed by atoms with Gasteiger partial charge in [0.15, 0.2) is 0 Å². The Morgan fingerprint density at radius 2 is 0.491 bits per heavy atom. The average Bonchev–Trinajstić information content (AvgIpc) is 3.15. The first kappa shape index (κ1) is 59.4. The minimum atomic E-state index is -0.892. The molecule has 0 aromatic carbocycles. The molecular weight excluding hydrogens is 709 g/mol. The monoisotopic (exact) mass is 805 g/mol. The molecule has 0 radical (unpaired) electrons. The van der Waals surface area contributed by atoms with E-state index in [9.17, 15) is 19.8 Å². The number of rotatable bonds is 42. The molecule has 0 aromatic rings. The van der Waals surface area contributed by atoms with E-state index in [-0.39, 0.29) is 37.7 Å². The minimum absolute atomic E-state index is 0. The zero-order valence-electron chi connectivity index (χ0n) is 38.3. The Hall–Kier alpha value is 0.120. The molecule has 0 amide bonds. The molecule has 0 bridgehead atoms. The molecule has 0 fully saturated rings. The Kier molecular flexibility index (Phi) is 52.4. The summed E-state index contributed by atoms with van der Waals surface area (Å²) in [5, 5.41) is 23.0. The van der Waals surface area contributed by atoms with Crippen molar-refractivity contribution < 1.29 is 19.8 Å². The molecule has 0 aliphatic heterocycles. The zero-order chi connectivity index (χ0) is 40.3. The van der Waals surface area contributed by atoms with E-state index in [1.54, 1.807) is 0 Å². The van der Waals surface area contributed by atoms with Crippen molar-refractivity contribution in [1.29, 1.82) is 0 Å². The van der Waals surface area contributed by atoms with Crippen molar-refractivity contribution >= 4 is 49.7 Å². The standard InChI is InChI=1S/2C24H49NO2.Ca/c2*1-4-7-9-11-13-15-17-19-21-25(23(6-3)24(26)27)22-20-18-16-14-12-10-8-5-2;/h2*23H,4-22H2,1-3H3,(H,26,27);/q;;+2/p-2. The van der Waals surface area contributed by atoms with Crippen molar-refractivity contribution in [3.05, 3.63) is 0 Å². The van der Waals surface area contributed by atoms with Gasteiger partial charge in [-0.2, -0.15) is 0 Å². The summed E-state index contributed by atoms with van der Waals surface area (Å²) < 4.78 is 0. The molecule has 0 N–H and O–H groups in total. The van der Waals surface area contributed by atoms with E-state index in [0.717, 1.165) is 51.9 Å². The Balaban J connectivity index is -0.000000966. The summed E-state index contributed by atoms with van der Waals surface area (Å²) in [5.41, 5.74) is 0. The van der Waals surface area contributed by atoms with E-state index in [1.165, 1.54) is 180 Å². The van der Waals surface area contributed by atoms with Crippen LogP contribution in [-0.2, 0) is 9.59 Å². The average molecular weight is 805 g/mol. The van der Waals surface area contributed by atoms with Gasteiger partial charge in [-0.15, -0.1) is 0 Å². The van der Waals surface area contributed by atoms with E-state index < -0.39 is 24.0 Å². The molecule has 0 aliphatic rings. The second kappa shape index (κ2) is 48.5. The van der Waals surface area contributed by atoms with E-state index in [0.29, 0.717) is 12.8 Å². The third-order valence-corrected chi connectivity index (χ3v) is 11.4. The second-order valence-electron chi connectivity index (χ2n) is 16.5. The van der Waals surface area contributed by atoms with E-state index in [1.807, 2.05) is 13.8 Å². The van der Waals surface area contributed by atoms with Gasteiger partial charge in [-0.25, -0.2) is 0 Å². The van der Waals surface area contributed by atoms with Crippen molar-refractivity contribution in [3.8, 4) is 0 Å². The van der Waals surface area contributed by atoms with Crippen LogP contribution in [0.5, 0.6) is 0 Å². The van der Waals surface area contributed by atoms with Crippen molar-refractivity contribution in [3.63, 3.8) is 0 Å². The molecule has 55 heavy (non-hydrogen) atoms. The maximum Gasteiger partial charge on any atom is 2.00 e. The molecule has 2 unspecified atom stereocenters. The molecule has 0 heterocycles. The molecule has 0 saturated carbocycles. The third-order valence-electron chi connectivity index (χ3n) is 11.4. The molecular formula is C48H96CaN2O4. The van der Waals surface area contributed by atoms with Crippen LogP contribution in [0, 0.1) is 0 Å². The first-order valence-corrected chi connectivity index (χ1v) is 24.2. The third kappa shape index (κ3) is 40.7. The largest absolute Gasteiger partial charge is 2.00 e. The fourth-order valence-corrected chi connectivity index (χ4v) is 7.79. The van der Waals surface area contributed by atoms with Gasteiger partial charge in [0.1, 0.15) is 0 Å². The maximum atomic E-state index is 11.5. The molecule has 6 nitrogen and oxygen atoms in total. The van der Waals surface area contributed by atoms with Crippen LogP contribution < -0.4 is 10.2 Å². The van der Waals surface area contributed by atoms with Crippen molar-refractivity contribution in [1.82, 2.24) is 9.80 Å². The quantitative estimate of drug-likeness (QED) is 0.0451. The van der Waals surface area contributed by atoms with Crippen LogP contribution in [-0.4, -0.2) is 97.7 Å². The Labute approximate surface area is 374 Å². The van der Waals surface area contributed by atoms with Gasteiger partial charge < -0.3 is 19.8 Å². The van der Waals surface area contributed by atoms with Crippen LogP contribution in [0.4, 0.5) is 0 Å². The molecule has 0 spiro atoms. The molecule has 0 saturated heterocycles. The maximum absolute atomic E-state index is 11.5. The molecule has 2 atom stereocenters. The van der Waals surface area contributed by atoms with Crippen molar-refractivity contribution in [2.24, 2.45) is 0 Å². The van der Waals surface area contributed by atoms with E-state index in [4.69, 9.17) is 0 Å². The van der Waals surface area contributed by atoms with E-state index >= 15 is 0 Å². The van der Waals surface area contributed by atoms with Crippen molar-refractivity contribution in [2.75, 3.05) is 26.2 Å². The van der Waals surface area contributed by atoms with Gasteiger partial charge in [-0.3, -0.25) is 9.80 Å². The fraction of sp³-hybridized carbons (Fsp3) is 0.958. The topological polar surface area (TPSA) is 86.7 Å². The molecule has 0 aliphatic carbocycles. The summed E-state index contributed by atoms with van der Waals surface area (Å²) in [6.45, 7) is 16.6. The minimum Gasteiger partial charge on any atom is -0.548 e. The van der Waals surface area contributed by atoms with Crippen LogP contribution >= 0.6 is 0 Å². The smallest absolute Gasteiger partial charge is 0.548 e. The van der Waals surface area contributed by atoms with Gasteiger partial charge >= 0.3 is 37.7 Å². The summed E-state index contributed by atoms with van der Waals surface area (Å²) in [5.74, 6) is -1.78. The first-order chi connectivity index (χ1) is 26.3. The van der Waals surface area contributed by atoms with Gasteiger partial charge in [0.05, 0.1) is 11.9 Å². The predicted octanol–water partition coefficient (Wildman–Crippen LogP) is 11.8. The van der Waals surface area contributed by atoms with E-state index in [2.05, 4.69) is 37.5 Å². The van der Waals surface area contributed by atoms with Gasteiger partial charge in [0.25, 0.3) is 0 Å². The number of hydrogen-bond acceptors (Lipinski definition) is 6. The fourth-order valence-electron chi connectivity index (χ4n) is 7.79. The Bertz CT molecular complexity index is 668. The molecule has 7 heteroatoms.